The number of hydrogen-bond donors (Lipinski definition) is 3. The maximum Gasteiger partial charge on any atom is 0.328 e. The van der Waals surface area contributed by atoms with Crippen LogP contribution in [0.2, 0.25) is 0 Å². The summed E-state index contributed by atoms with van der Waals surface area (Å²) >= 11 is 0. The van der Waals surface area contributed by atoms with E-state index in [9.17, 15) is 14.4 Å². The standard InChI is InChI=1S/C17H24N2O3.C4H4O4/c1-17(2)16(20)19(8-9-21-3)14-10-12-4-6-18-7-5-13(12)11-15(14)22-17;5-3(6)1-2-4(7)8/h10-11,18H,4-9H2,1-3H3;1-2H,(H,5,6)(H,7,8)/b;2-1+. The first-order valence-corrected chi connectivity index (χ1v) is 9.66. The Morgan fingerprint density at radius 2 is 1.73 bits per heavy atom. The van der Waals surface area contributed by atoms with E-state index in [0.29, 0.717) is 25.3 Å². The second-order valence-electron chi connectivity index (χ2n) is 7.41. The zero-order chi connectivity index (χ0) is 22.3. The summed E-state index contributed by atoms with van der Waals surface area (Å²) in [6.07, 6.45) is 3.10. The lowest BCUT2D eigenvalue weighted by atomic mass is 9.97. The molecule has 0 bridgehead atoms. The van der Waals surface area contributed by atoms with Crippen molar-refractivity contribution in [2.75, 3.05) is 38.3 Å². The molecule has 1 aromatic carbocycles. The van der Waals surface area contributed by atoms with Crippen molar-refractivity contribution in [1.82, 2.24) is 5.32 Å². The number of aliphatic carboxylic acids is 2. The highest BCUT2D eigenvalue weighted by Gasteiger charge is 2.41. The fourth-order valence-electron chi connectivity index (χ4n) is 3.28. The minimum absolute atomic E-state index is 0.0104. The maximum absolute atomic E-state index is 12.7. The van der Waals surface area contributed by atoms with Crippen molar-refractivity contribution in [2.45, 2.75) is 32.3 Å². The van der Waals surface area contributed by atoms with Crippen LogP contribution in [0.3, 0.4) is 0 Å². The molecule has 9 heteroatoms. The predicted octanol–water partition coefficient (Wildman–Crippen LogP) is 1.24. The Hall–Kier alpha value is -2.91. The van der Waals surface area contributed by atoms with E-state index in [4.69, 9.17) is 19.7 Å². The van der Waals surface area contributed by atoms with E-state index in [-0.39, 0.29) is 5.91 Å². The molecule has 0 unspecified atom stereocenters. The average molecular weight is 420 g/mol. The molecular formula is C21H28N2O7. The number of nitrogens with zero attached hydrogens (tertiary/aromatic N) is 1. The van der Waals surface area contributed by atoms with Gasteiger partial charge >= 0.3 is 11.9 Å². The van der Waals surface area contributed by atoms with Gasteiger partial charge in [-0.25, -0.2) is 9.59 Å². The molecule has 0 atom stereocenters. The van der Waals surface area contributed by atoms with Gasteiger partial charge in [0, 0.05) is 25.8 Å². The van der Waals surface area contributed by atoms with Crippen molar-refractivity contribution in [3.8, 4) is 5.75 Å². The number of methoxy groups -OCH3 is 1. The number of rotatable bonds is 5. The third-order valence-corrected chi connectivity index (χ3v) is 4.73. The molecule has 0 saturated carbocycles. The van der Waals surface area contributed by atoms with Gasteiger partial charge in [0.25, 0.3) is 5.91 Å². The van der Waals surface area contributed by atoms with Gasteiger partial charge in [0.2, 0.25) is 0 Å². The van der Waals surface area contributed by atoms with Crippen LogP contribution in [-0.2, 0) is 32.0 Å². The molecule has 0 spiro atoms. The van der Waals surface area contributed by atoms with Crippen LogP contribution >= 0.6 is 0 Å². The summed E-state index contributed by atoms with van der Waals surface area (Å²) in [5.74, 6) is -1.72. The van der Waals surface area contributed by atoms with Gasteiger partial charge in [-0.1, -0.05) is 0 Å². The monoisotopic (exact) mass is 420 g/mol. The van der Waals surface area contributed by atoms with E-state index in [1.165, 1.54) is 11.1 Å². The molecule has 0 fully saturated rings. The van der Waals surface area contributed by atoms with Gasteiger partial charge < -0.3 is 29.9 Å². The fourth-order valence-corrected chi connectivity index (χ4v) is 3.28. The van der Waals surface area contributed by atoms with Crippen LogP contribution in [0, 0.1) is 0 Å². The highest BCUT2D eigenvalue weighted by Crippen LogP contribution is 2.40. The number of anilines is 1. The Morgan fingerprint density at radius 3 is 2.27 bits per heavy atom. The molecule has 1 amide bonds. The van der Waals surface area contributed by atoms with Crippen LogP contribution in [0.15, 0.2) is 24.3 Å². The number of hydrogen-bond acceptors (Lipinski definition) is 6. The van der Waals surface area contributed by atoms with Crippen LogP contribution in [-0.4, -0.2) is 67.0 Å². The third-order valence-electron chi connectivity index (χ3n) is 4.73. The number of fused-ring (bicyclic) bond motifs is 2. The Kier molecular flexibility index (Phi) is 7.96. The highest BCUT2D eigenvalue weighted by molar-refractivity contribution is 6.02. The molecule has 3 rings (SSSR count). The number of carboxylic acids is 2. The summed E-state index contributed by atoms with van der Waals surface area (Å²) in [6.45, 7) is 6.67. The summed E-state index contributed by atoms with van der Waals surface area (Å²) < 4.78 is 11.2. The third kappa shape index (κ3) is 6.04. The van der Waals surface area contributed by atoms with Gasteiger partial charge in [0.05, 0.1) is 12.3 Å². The van der Waals surface area contributed by atoms with E-state index in [1.807, 2.05) is 13.8 Å². The normalized spacial score (nSPS) is 17.2. The van der Waals surface area contributed by atoms with Gasteiger partial charge in [-0.2, -0.15) is 0 Å². The highest BCUT2D eigenvalue weighted by atomic mass is 16.5. The summed E-state index contributed by atoms with van der Waals surface area (Å²) in [6, 6.07) is 4.24. The molecule has 2 aliphatic rings. The average Bonchev–Trinajstić information content (AvgIpc) is 2.90. The minimum atomic E-state index is -1.26. The second-order valence-corrected chi connectivity index (χ2v) is 7.41. The summed E-state index contributed by atoms with van der Waals surface area (Å²) in [5, 5.41) is 19.0. The molecule has 164 valence electrons. The number of benzene rings is 1. The lowest BCUT2D eigenvalue weighted by molar-refractivity contribution is -0.134. The van der Waals surface area contributed by atoms with E-state index in [1.54, 1.807) is 12.0 Å². The molecule has 3 N–H and O–H groups in total. The summed E-state index contributed by atoms with van der Waals surface area (Å²) in [7, 11) is 1.65. The lowest BCUT2D eigenvalue weighted by Gasteiger charge is -2.39. The van der Waals surface area contributed by atoms with Gasteiger partial charge in [-0.15, -0.1) is 0 Å². The van der Waals surface area contributed by atoms with E-state index >= 15 is 0 Å². The molecule has 0 radical (unpaired) electrons. The van der Waals surface area contributed by atoms with Crippen molar-refractivity contribution in [1.29, 1.82) is 0 Å². The Balaban J connectivity index is 0.000000343. The van der Waals surface area contributed by atoms with Crippen LogP contribution in [0.1, 0.15) is 25.0 Å². The van der Waals surface area contributed by atoms with Crippen molar-refractivity contribution in [3.63, 3.8) is 0 Å². The van der Waals surface area contributed by atoms with Crippen molar-refractivity contribution in [3.05, 3.63) is 35.4 Å². The first-order chi connectivity index (χ1) is 14.2. The topological polar surface area (TPSA) is 125 Å². The first-order valence-electron chi connectivity index (χ1n) is 9.66. The van der Waals surface area contributed by atoms with Crippen molar-refractivity contribution in [2.24, 2.45) is 0 Å². The smallest absolute Gasteiger partial charge is 0.328 e. The van der Waals surface area contributed by atoms with E-state index in [0.717, 1.165) is 37.4 Å². The zero-order valence-corrected chi connectivity index (χ0v) is 17.4. The Morgan fingerprint density at radius 1 is 1.17 bits per heavy atom. The summed E-state index contributed by atoms with van der Waals surface area (Å²) in [5.41, 5.74) is 2.67. The first kappa shape index (κ1) is 23.4. The maximum atomic E-state index is 12.7. The summed E-state index contributed by atoms with van der Waals surface area (Å²) in [4.78, 5) is 33.6. The SMILES string of the molecule is COCCN1C(=O)C(C)(C)Oc2cc3c(cc21)CCNCC3.O=C(O)/C=C/C(=O)O. The van der Waals surface area contributed by atoms with Crippen molar-refractivity contribution >= 4 is 23.5 Å². The molecule has 0 aromatic heterocycles. The largest absolute Gasteiger partial charge is 0.478 e. The van der Waals surface area contributed by atoms with Crippen LogP contribution in [0.5, 0.6) is 5.75 Å². The molecule has 30 heavy (non-hydrogen) atoms. The molecular weight excluding hydrogens is 392 g/mol. The van der Waals surface area contributed by atoms with Gasteiger partial charge in [0.1, 0.15) is 5.75 Å². The predicted molar refractivity (Wildman–Crippen MR) is 110 cm³/mol. The molecule has 1 aromatic rings. The van der Waals surface area contributed by atoms with Gasteiger partial charge in [0.15, 0.2) is 5.60 Å². The van der Waals surface area contributed by atoms with Gasteiger partial charge in [-0.3, -0.25) is 4.79 Å². The number of carboxylic acid groups (broad SMARTS) is 2. The number of carbonyl (C=O) groups is 3. The quantitative estimate of drug-likeness (QED) is 0.608. The van der Waals surface area contributed by atoms with E-state index < -0.39 is 17.5 Å². The van der Waals surface area contributed by atoms with Gasteiger partial charge in [-0.05, 0) is 63.0 Å². The second kappa shape index (κ2) is 10.2. The Labute approximate surface area is 175 Å². The molecule has 2 aliphatic heterocycles. The van der Waals surface area contributed by atoms with Crippen LogP contribution in [0.4, 0.5) is 5.69 Å². The Bertz CT molecular complexity index is 817. The molecule has 0 saturated heterocycles. The minimum Gasteiger partial charge on any atom is -0.478 e. The number of carbonyl (C=O) groups excluding carboxylic acids is 1. The number of amides is 1. The van der Waals surface area contributed by atoms with Crippen LogP contribution in [0.25, 0.3) is 0 Å². The number of ether oxygens (including phenoxy) is 2. The molecule has 9 nitrogen and oxygen atoms in total. The fraction of sp³-hybridized carbons (Fsp3) is 0.476. The molecule has 2 heterocycles. The van der Waals surface area contributed by atoms with E-state index in [2.05, 4.69) is 17.4 Å². The van der Waals surface area contributed by atoms with Crippen LogP contribution < -0.4 is 15.0 Å². The number of nitrogens with one attached hydrogen (secondary N) is 1. The zero-order valence-electron chi connectivity index (χ0n) is 17.4. The molecule has 0 aliphatic carbocycles. The van der Waals surface area contributed by atoms with Crippen molar-refractivity contribution < 1.29 is 34.1 Å². The lowest BCUT2D eigenvalue weighted by Crippen LogP contribution is -2.53.